The number of methoxy groups -OCH3 is 2. The van der Waals surface area contributed by atoms with Crippen LogP contribution in [0, 0.1) is 6.92 Å². The first-order valence-corrected chi connectivity index (χ1v) is 11.6. The quantitative estimate of drug-likeness (QED) is 0.394. The zero-order valence-electron chi connectivity index (χ0n) is 20.6. The van der Waals surface area contributed by atoms with E-state index in [1.54, 1.807) is 18.9 Å². The molecular weight excluding hydrogens is 454 g/mol. The average Bonchev–Trinajstić information content (AvgIpc) is 3.31. The first kappa shape index (κ1) is 23.2. The number of allylic oxidation sites excluding steroid dienone is 1. The molecule has 1 aliphatic rings. The first-order valence-electron chi connectivity index (χ1n) is 11.6. The van der Waals surface area contributed by atoms with Gasteiger partial charge in [-0.2, -0.15) is 4.98 Å². The van der Waals surface area contributed by atoms with Crippen LogP contribution in [-0.4, -0.2) is 34.9 Å². The van der Waals surface area contributed by atoms with Crippen LogP contribution in [0.2, 0.25) is 0 Å². The van der Waals surface area contributed by atoms with Gasteiger partial charge < -0.3 is 20.1 Å². The van der Waals surface area contributed by atoms with Crippen molar-refractivity contribution in [2.75, 3.05) is 24.9 Å². The lowest BCUT2D eigenvalue weighted by molar-refractivity contribution is -0.113. The number of ether oxygens (including phenoxy) is 2. The number of benzene rings is 3. The molecule has 0 spiro atoms. The summed E-state index contributed by atoms with van der Waals surface area (Å²) in [7, 11) is 3.20. The van der Waals surface area contributed by atoms with Crippen LogP contribution in [0.4, 0.5) is 11.6 Å². The topological polar surface area (TPSA) is 90.3 Å². The molecule has 0 radical (unpaired) electrons. The Morgan fingerprint density at radius 1 is 0.944 bits per heavy atom. The van der Waals surface area contributed by atoms with Gasteiger partial charge in [-0.15, -0.1) is 5.10 Å². The van der Waals surface area contributed by atoms with Crippen LogP contribution in [0.3, 0.4) is 0 Å². The van der Waals surface area contributed by atoms with E-state index in [-0.39, 0.29) is 5.91 Å². The number of carbonyl (C=O) groups excluding carboxylic acids is 1. The zero-order chi connectivity index (χ0) is 25.2. The summed E-state index contributed by atoms with van der Waals surface area (Å²) in [5, 5.41) is 11.2. The minimum atomic E-state index is -0.494. The van der Waals surface area contributed by atoms with E-state index in [0.29, 0.717) is 40.2 Å². The van der Waals surface area contributed by atoms with Gasteiger partial charge in [-0.25, -0.2) is 4.68 Å². The van der Waals surface area contributed by atoms with E-state index in [4.69, 9.17) is 19.6 Å². The molecule has 1 aromatic heterocycles. The summed E-state index contributed by atoms with van der Waals surface area (Å²) >= 11 is 0. The molecule has 0 saturated carbocycles. The Kier molecular flexibility index (Phi) is 6.16. The fourth-order valence-corrected chi connectivity index (χ4v) is 4.47. The van der Waals surface area contributed by atoms with Crippen LogP contribution < -0.4 is 20.1 Å². The molecule has 5 rings (SSSR count). The molecule has 2 N–H and O–H groups in total. The largest absolute Gasteiger partial charge is 0.496 e. The lowest BCUT2D eigenvalue weighted by Gasteiger charge is -2.29. The third-order valence-corrected chi connectivity index (χ3v) is 6.16. The van der Waals surface area contributed by atoms with Gasteiger partial charge >= 0.3 is 0 Å². The van der Waals surface area contributed by atoms with Crippen molar-refractivity contribution in [1.29, 1.82) is 0 Å². The van der Waals surface area contributed by atoms with Crippen molar-refractivity contribution in [2.45, 2.75) is 19.9 Å². The van der Waals surface area contributed by atoms with Gasteiger partial charge in [0.1, 0.15) is 17.5 Å². The molecule has 2 heterocycles. The predicted molar refractivity (Wildman–Crippen MR) is 139 cm³/mol. The Hall–Kier alpha value is -4.59. The van der Waals surface area contributed by atoms with E-state index in [9.17, 15) is 4.79 Å². The summed E-state index contributed by atoms with van der Waals surface area (Å²) in [4.78, 5) is 18.5. The highest BCUT2D eigenvalue weighted by molar-refractivity contribution is 6.06. The number of nitrogens with zero attached hydrogens (tertiary/aromatic N) is 3. The van der Waals surface area contributed by atoms with Crippen LogP contribution in [0.25, 0.3) is 11.4 Å². The molecule has 182 valence electrons. The molecule has 0 saturated heterocycles. The van der Waals surface area contributed by atoms with E-state index in [2.05, 4.69) is 16.7 Å². The van der Waals surface area contributed by atoms with Gasteiger partial charge in [-0.05, 0) is 43.7 Å². The molecule has 0 bridgehead atoms. The van der Waals surface area contributed by atoms with Crippen molar-refractivity contribution in [1.82, 2.24) is 14.8 Å². The summed E-state index contributed by atoms with van der Waals surface area (Å²) in [6.07, 6.45) is 0. The fourth-order valence-electron chi connectivity index (χ4n) is 4.47. The molecule has 0 aliphatic carbocycles. The van der Waals surface area contributed by atoms with Crippen molar-refractivity contribution in [3.05, 3.63) is 95.2 Å². The van der Waals surface area contributed by atoms with Crippen molar-refractivity contribution in [3.8, 4) is 22.9 Å². The van der Waals surface area contributed by atoms with E-state index in [0.717, 1.165) is 16.7 Å². The number of aryl methyl sites for hydroxylation is 1. The van der Waals surface area contributed by atoms with E-state index in [1.807, 2.05) is 80.6 Å². The summed E-state index contributed by atoms with van der Waals surface area (Å²) < 4.78 is 12.7. The Morgan fingerprint density at radius 3 is 2.42 bits per heavy atom. The monoisotopic (exact) mass is 481 g/mol. The molecule has 3 aromatic carbocycles. The Bertz CT molecular complexity index is 1470. The molecule has 4 aromatic rings. The van der Waals surface area contributed by atoms with E-state index < -0.39 is 6.04 Å². The number of amides is 1. The highest BCUT2D eigenvalue weighted by atomic mass is 16.5. The number of hydrogen-bond donors (Lipinski definition) is 2. The number of rotatable bonds is 6. The second-order valence-electron chi connectivity index (χ2n) is 8.54. The van der Waals surface area contributed by atoms with Crippen molar-refractivity contribution in [3.63, 3.8) is 0 Å². The molecule has 1 unspecified atom stereocenters. The maximum Gasteiger partial charge on any atom is 0.255 e. The van der Waals surface area contributed by atoms with Gasteiger partial charge in [0, 0.05) is 5.70 Å². The van der Waals surface area contributed by atoms with Crippen LogP contribution in [0.1, 0.15) is 24.1 Å². The van der Waals surface area contributed by atoms with Gasteiger partial charge in [-0.3, -0.25) is 4.79 Å². The minimum Gasteiger partial charge on any atom is -0.496 e. The normalized spacial score (nSPS) is 14.6. The second-order valence-corrected chi connectivity index (χ2v) is 8.54. The molecular formula is C28H27N5O3. The number of para-hydroxylation sites is 3. The summed E-state index contributed by atoms with van der Waals surface area (Å²) in [5.41, 5.74) is 4.60. The number of carbonyl (C=O) groups is 1. The standard InChI is InChI=1S/C28H27N5O3/c1-17-10-9-11-19(16-17)25-24(27(34)30-21-13-6-8-15-23(21)36-4)18(2)29-28-31-26(32-33(25)28)20-12-5-7-14-22(20)35-3/h5-16,25H,1-4H3,(H,30,34)(H,29,31,32). The summed E-state index contributed by atoms with van der Waals surface area (Å²) in [6.45, 7) is 3.90. The lowest BCUT2D eigenvalue weighted by Crippen LogP contribution is -2.31. The molecule has 0 fully saturated rings. The summed E-state index contributed by atoms with van der Waals surface area (Å²) in [5.74, 6) is 2.06. The Labute approximate surface area is 209 Å². The zero-order valence-corrected chi connectivity index (χ0v) is 20.6. The van der Waals surface area contributed by atoms with Crippen LogP contribution >= 0.6 is 0 Å². The minimum absolute atomic E-state index is 0.254. The highest BCUT2D eigenvalue weighted by Gasteiger charge is 2.35. The van der Waals surface area contributed by atoms with E-state index in [1.165, 1.54) is 0 Å². The molecule has 8 nitrogen and oxygen atoms in total. The van der Waals surface area contributed by atoms with Crippen LogP contribution in [0.5, 0.6) is 11.5 Å². The van der Waals surface area contributed by atoms with Crippen LogP contribution in [0.15, 0.2) is 84.1 Å². The second kappa shape index (κ2) is 9.58. The third-order valence-electron chi connectivity index (χ3n) is 6.16. The lowest BCUT2D eigenvalue weighted by atomic mass is 9.94. The molecule has 36 heavy (non-hydrogen) atoms. The average molecular weight is 482 g/mol. The fraction of sp³-hybridized carbons (Fsp3) is 0.179. The maximum atomic E-state index is 13.8. The van der Waals surface area contributed by atoms with Gasteiger partial charge in [0.2, 0.25) is 5.95 Å². The number of anilines is 2. The number of aromatic nitrogens is 3. The number of nitrogens with one attached hydrogen (secondary N) is 2. The molecule has 1 atom stereocenters. The van der Waals surface area contributed by atoms with Crippen LogP contribution in [-0.2, 0) is 4.79 Å². The smallest absolute Gasteiger partial charge is 0.255 e. The van der Waals surface area contributed by atoms with Gasteiger partial charge in [0.05, 0.1) is 31.0 Å². The SMILES string of the molecule is COc1ccccc1NC(=O)C1=C(C)Nc2nc(-c3ccccc3OC)nn2C1c1cccc(C)c1. The summed E-state index contributed by atoms with van der Waals surface area (Å²) in [6, 6.07) is 22.5. The highest BCUT2D eigenvalue weighted by Crippen LogP contribution is 2.38. The molecule has 1 aliphatic heterocycles. The van der Waals surface area contributed by atoms with Gasteiger partial charge in [0.25, 0.3) is 5.91 Å². The number of hydrogen-bond acceptors (Lipinski definition) is 6. The molecule has 8 heteroatoms. The Balaban J connectivity index is 1.62. The third kappa shape index (κ3) is 4.17. The Morgan fingerprint density at radius 2 is 1.67 bits per heavy atom. The number of fused-ring (bicyclic) bond motifs is 1. The van der Waals surface area contributed by atoms with Crippen molar-refractivity contribution < 1.29 is 14.3 Å². The maximum absolute atomic E-state index is 13.8. The van der Waals surface area contributed by atoms with Gasteiger partial charge in [0.15, 0.2) is 5.82 Å². The van der Waals surface area contributed by atoms with E-state index >= 15 is 0 Å². The predicted octanol–water partition coefficient (Wildman–Crippen LogP) is 5.20. The first-order chi connectivity index (χ1) is 17.5. The van der Waals surface area contributed by atoms with Crippen molar-refractivity contribution >= 4 is 17.5 Å². The van der Waals surface area contributed by atoms with Gasteiger partial charge in [-0.1, -0.05) is 54.1 Å². The molecule has 1 amide bonds. The van der Waals surface area contributed by atoms with Crippen molar-refractivity contribution in [2.24, 2.45) is 0 Å².